The molecule has 0 amide bonds. The summed E-state index contributed by atoms with van der Waals surface area (Å²) in [6.07, 6.45) is 8.34. The third kappa shape index (κ3) is 5.49. The summed E-state index contributed by atoms with van der Waals surface area (Å²) in [7, 11) is 0. The highest BCUT2D eigenvalue weighted by Gasteiger charge is 1.98. The van der Waals surface area contributed by atoms with Crippen LogP contribution in [0.5, 0.6) is 0 Å². The Bertz CT molecular complexity index is 844. The molecule has 3 rings (SSSR count). The molecule has 0 fully saturated rings. The predicted octanol–water partition coefficient (Wildman–Crippen LogP) is 6.39. The van der Waals surface area contributed by atoms with Crippen LogP contribution in [0.2, 0.25) is 0 Å². The minimum absolute atomic E-state index is 0.940. The quantitative estimate of drug-likeness (QED) is 0.492. The molecule has 0 saturated heterocycles. The van der Waals surface area contributed by atoms with Crippen LogP contribution in [0.15, 0.2) is 109 Å². The van der Waals surface area contributed by atoms with E-state index in [0.717, 1.165) is 24.2 Å². The molecule has 0 radical (unpaired) electrons. The van der Waals surface area contributed by atoms with Crippen LogP contribution in [0.3, 0.4) is 0 Å². The van der Waals surface area contributed by atoms with Crippen LogP contribution in [-0.2, 0) is 12.8 Å². The number of hydrogen-bond acceptors (Lipinski definition) is 1. The standard InChI is InChI=1S/C25H25N/c1-2-24(15-9-14-21-10-5-3-6-11-21)26-25-18-16-23(17-19-25)20-22-12-7-4-8-13-22/h2-13,15-19,26H,14,20H2,1H3/b15-9-,24-2+. The van der Waals surface area contributed by atoms with Crippen molar-refractivity contribution < 1.29 is 0 Å². The van der Waals surface area contributed by atoms with Gasteiger partial charge in [-0.05, 0) is 54.7 Å². The second-order valence-electron chi connectivity index (χ2n) is 6.32. The summed E-state index contributed by atoms with van der Waals surface area (Å²) < 4.78 is 0. The average molecular weight is 339 g/mol. The SMILES string of the molecule is C/C=C(\C=C/Cc1ccccc1)Nc1ccc(Cc2ccccc2)cc1. The molecular weight excluding hydrogens is 314 g/mol. The Morgan fingerprint density at radius 2 is 1.31 bits per heavy atom. The molecule has 26 heavy (non-hydrogen) atoms. The highest BCUT2D eigenvalue weighted by atomic mass is 14.9. The topological polar surface area (TPSA) is 12.0 Å². The Morgan fingerprint density at radius 1 is 0.731 bits per heavy atom. The van der Waals surface area contributed by atoms with Gasteiger partial charge in [-0.3, -0.25) is 0 Å². The number of anilines is 1. The zero-order chi connectivity index (χ0) is 18.0. The Labute approximate surface area is 156 Å². The summed E-state index contributed by atoms with van der Waals surface area (Å²) in [6, 6.07) is 29.8. The first-order valence-corrected chi connectivity index (χ1v) is 9.10. The van der Waals surface area contributed by atoms with Crippen molar-refractivity contribution in [2.24, 2.45) is 0 Å². The fraction of sp³-hybridized carbons (Fsp3) is 0.120. The van der Waals surface area contributed by atoms with E-state index >= 15 is 0 Å². The summed E-state index contributed by atoms with van der Waals surface area (Å²) >= 11 is 0. The van der Waals surface area contributed by atoms with Gasteiger partial charge in [-0.15, -0.1) is 0 Å². The fourth-order valence-electron chi connectivity index (χ4n) is 2.85. The van der Waals surface area contributed by atoms with Gasteiger partial charge in [-0.1, -0.05) is 84.9 Å². The normalized spacial score (nSPS) is 11.7. The van der Waals surface area contributed by atoms with Crippen LogP contribution in [-0.4, -0.2) is 0 Å². The number of benzene rings is 3. The lowest BCUT2D eigenvalue weighted by molar-refractivity contribution is 1.19. The van der Waals surface area contributed by atoms with Gasteiger partial charge in [-0.2, -0.15) is 0 Å². The zero-order valence-corrected chi connectivity index (χ0v) is 15.2. The molecule has 1 heteroatoms. The van der Waals surface area contributed by atoms with E-state index in [1.54, 1.807) is 0 Å². The molecular formula is C25H25N. The maximum absolute atomic E-state index is 3.48. The Kier molecular flexibility index (Phi) is 6.44. The van der Waals surface area contributed by atoms with Gasteiger partial charge in [0.2, 0.25) is 0 Å². The van der Waals surface area contributed by atoms with E-state index in [1.165, 1.54) is 16.7 Å². The van der Waals surface area contributed by atoms with Crippen molar-refractivity contribution in [2.75, 3.05) is 5.32 Å². The Balaban J connectivity index is 1.56. The molecule has 0 heterocycles. The van der Waals surface area contributed by atoms with Crippen LogP contribution < -0.4 is 5.32 Å². The first-order valence-electron chi connectivity index (χ1n) is 9.10. The molecule has 0 spiro atoms. The molecule has 3 aromatic rings. The van der Waals surface area contributed by atoms with Crippen molar-refractivity contribution in [1.29, 1.82) is 0 Å². The number of allylic oxidation sites excluding steroid dienone is 3. The second-order valence-corrected chi connectivity index (χ2v) is 6.32. The zero-order valence-electron chi connectivity index (χ0n) is 15.2. The van der Waals surface area contributed by atoms with Crippen molar-refractivity contribution in [3.63, 3.8) is 0 Å². The largest absolute Gasteiger partial charge is 0.356 e. The molecule has 1 N–H and O–H groups in total. The molecule has 0 aromatic heterocycles. The van der Waals surface area contributed by atoms with E-state index < -0.39 is 0 Å². The van der Waals surface area contributed by atoms with E-state index in [0.29, 0.717) is 0 Å². The fourth-order valence-corrected chi connectivity index (χ4v) is 2.85. The average Bonchev–Trinajstić information content (AvgIpc) is 2.70. The van der Waals surface area contributed by atoms with Crippen LogP contribution >= 0.6 is 0 Å². The van der Waals surface area contributed by atoms with E-state index in [2.05, 4.69) is 109 Å². The van der Waals surface area contributed by atoms with E-state index in [1.807, 2.05) is 6.07 Å². The number of hydrogen-bond donors (Lipinski definition) is 1. The summed E-state index contributed by atoms with van der Waals surface area (Å²) in [5.74, 6) is 0. The first-order chi connectivity index (χ1) is 12.8. The van der Waals surface area contributed by atoms with Crippen LogP contribution in [0.4, 0.5) is 5.69 Å². The summed E-state index contributed by atoms with van der Waals surface area (Å²) in [6.45, 7) is 2.05. The monoisotopic (exact) mass is 339 g/mol. The summed E-state index contributed by atoms with van der Waals surface area (Å²) in [4.78, 5) is 0. The van der Waals surface area contributed by atoms with E-state index in [4.69, 9.17) is 0 Å². The van der Waals surface area contributed by atoms with Gasteiger partial charge in [-0.25, -0.2) is 0 Å². The van der Waals surface area contributed by atoms with Gasteiger partial charge >= 0.3 is 0 Å². The van der Waals surface area contributed by atoms with E-state index in [-0.39, 0.29) is 0 Å². The second kappa shape index (κ2) is 9.43. The number of nitrogens with one attached hydrogen (secondary N) is 1. The van der Waals surface area contributed by atoms with Crippen molar-refractivity contribution in [3.8, 4) is 0 Å². The van der Waals surface area contributed by atoms with Crippen molar-refractivity contribution >= 4 is 5.69 Å². The number of rotatable bonds is 7. The molecule has 0 aliphatic rings. The van der Waals surface area contributed by atoms with Gasteiger partial charge in [0, 0.05) is 11.4 Å². The molecule has 0 unspecified atom stereocenters. The first kappa shape index (κ1) is 17.8. The van der Waals surface area contributed by atoms with Crippen LogP contribution in [0, 0.1) is 0 Å². The van der Waals surface area contributed by atoms with E-state index in [9.17, 15) is 0 Å². The third-order valence-electron chi connectivity index (χ3n) is 4.30. The highest BCUT2D eigenvalue weighted by Crippen LogP contribution is 2.15. The lowest BCUT2D eigenvalue weighted by atomic mass is 10.0. The van der Waals surface area contributed by atoms with Gasteiger partial charge in [0.1, 0.15) is 0 Å². The Morgan fingerprint density at radius 3 is 1.92 bits per heavy atom. The minimum atomic E-state index is 0.940. The molecule has 0 aliphatic carbocycles. The summed E-state index contributed by atoms with van der Waals surface area (Å²) in [5.41, 5.74) is 6.20. The Hall–Kier alpha value is -3.06. The molecule has 0 atom stereocenters. The van der Waals surface area contributed by atoms with Crippen LogP contribution in [0.25, 0.3) is 0 Å². The predicted molar refractivity (Wildman–Crippen MR) is 112 cm³/mol. The van der Waals surface area contributed by atoms with Crippen LogP contribution in [0.1, 0.15) is 23.6 Å². The third-order valence-corrected chi connectivity index (χ3v) is 4.30. The highest BCUT2D eigenvalue weighted by molar-refractivity contribution is 5.52. The molecule has 0 aliphatic heterocycles. The van der Waals surface area contributed by atoms with Gasteiger partial charge in [0.15, 0.2) is 0 Å². The maximum Gasteiger partial charge on any atom is 0.0384 e. The van der Waals surface area contributed by atoms with Gasteiger partial charge in [0.05, 0.1) is 0 Å². The van der Waals surface area contributed by atoms with Gasteiger partial charge in [0.25, 0.3) is 0 Å². The maximum atomic E-state index is 3.48. The smallest absolute Gasteiger partial charge is 0.0384 e. The lowest BCUT2D eigenvalue weighted by Gasteiger charge is -2.09. The van der Waals surface area contributed by atoms with Gasteiger partial charge < -0.3 is 5.32 Å². The molecule has 0 saturated carbocycles. The molecule has 1 nitrogen and oxygen atoms in total. The molecule has 130 valence electrons. The molecule has 0 bridgehead atoms. The molecule has 3 aromatic carbocycles. The van der Waals surface area contributed by atoms with Crippen molar-refractivity contribution in [2.45, 2.75) is 19.8 Å². The van der Waals surface area contributed by atoms with Crippen molar-refractivity contribution in [3.05, 3.63) is 126 Å². The summed E-state index contributed by atoms with van der Waals surface area (Å²) in [5, 5.41) is 3.48. The van der Waals surface area contributed by atoms with Crippen molar-refractivity contribution in [1.82, 2.24) is 0 Å². The minimum Gasteiger partial charge on any atom is -0.356 e. The lowest BCUT2D eigenvalue weighted by Crippen LogP contribution is -1.97.